The number of amides is 1. The number of rotatable bonds is 3. The summed E-state index contributed by atoms with van der Waals surface area (Å²) in [6, 6.07) is 7.20. The van der Waals surface area contributed by atoms with E-state index in [-0.39, 0.29) is 18.3 Å². The fourth-order valence-electron chi connectivity index (χ4n) is 3.38. The summed E-state index contributed by atoms with van der Waals surface area (Å²) in [6.45, 7) is 0. The molecule has 1 spiro atoms. The van der Waals surface area contributed by atoms with Crippen molar-refractivity contribution >= 4 is 17.6 Å². The Balaban J connectivity index is 1.76. The molecule has 21 heavy (non-hydrogen) atoms. The van der Waals surface area contributed by atoms with Gasteiger partial charge in [-0.25, -0.2) is 0 Å². The lowest BCUT2D eigenvalue weighted by atomic mass is 9.85. The van der Waals surface area contributed by atoms with E-state index < -0.39 is 11.5 Å². The first-order chi connectivity index (χ1) is 10.1. The minimum Gasteiger partial charge on any atom is -0.497 e. The minimum atomic E-state index is -0.569. The molecule has 0 unspecified atom stereocenters. The van der Waals surface area contributed by atoms with Crippen LogP contribution >= 0.6 is 0 Å². The average Bonchev–Trinajstić information content (AvgIpc) is 3.06. The highest BCUT2D eigenvalue weighted by Gasteiger charge is 2.53. The Bertz CT molecular complexity index is 563. The van der Waals surface area contributed by atoms with Gasteiger partial charge >= 0.3 is 5.97 Å². The van der Waals surface area contributed by atoms with Crippen LogP contribution in [0.2, 0.25) is 0 Å². The van der Waals surface area contributed by atoms with Crippen LogP contribution in [0.1, 0.15) is 32.1 Å². The highest BCUT2D eigenvalue weighted by molar-refractivity contribution is 5.97. The summed E-state index contributed by atoms with van der Waals surface area (Å²) in [6.07, 6.45) is 3.77. The molecule has 1 atom stereocenters. The van der Waals surface area contributed by atoms with E-state index in [1.807, 2.05) is 12.1 Å². The number of anilines is 1. The van der Waals surface area contributed by atoms with Crippen molar-refractivity contribution in [2.24, 2.45) is 5.92 Å². The zero-order valence-electron chi connectivity index (χ0n) is 12.1. The van der Waals surface area contributed by atoms with Gasteiger partial charge in [0.2, 0.25) is 5.91 Å². The first kappa shape index (κ1) is 13.9. The predicted octanol–water partition coefficient (Wildman–Crippen LogP) is 2.51. The topological polar surface area (TPSA) is 64.6 Å². The third-order valence-corrected chi connectivity index (χ3v) is 4.43. The van der Waals surface area contributed by atoms with E-state index in [1.54, 1.807) is 19.2 Å². The van der Waals surface area contributed by atoms with Gasteiger partial charge in [-0.1, -0.05) is 6.07 Å². The van der Waals surface area contributed by atoms with Crippen LogP contribution in [-0.4, -0.2) is 24.6 Å². The first-order valence-corrected chi connectivity index (χ1v) is 7.30. The van der Waals surface area contributed by atoms with Crippen molar-refractivity contribution in [3.63, 3.8) is 0 Å². The van der Waals surface area contributed by atoms with Crippen LogP contribution in [-0.2, 0) is 14.3 Å². The average molecular weight is 289 g/mol. The van der Waals surface area contributed by atoms with Crippen molar-refractivity contribution in [3.05, 3.63) is 24.3 Å². The fourth-order valence-corrected chi connectivity index (χ4v) is 3.38. The van der Waals surface area contributed by atoms with E-state index >= 15 is 0 Å². The van der Waals surface area contributed by atoms with Gasteiger partial charge in [0, 0.05) is 11.8 Å². The van der Waals surface area contributed by atoms with Gasteiger partial charge in [0.05, 0.1) is 19.4 Å². The molecular weight excluding hydrogens is 270 g/mol. The molecule has 0 bridgehead atoms. The van der Waals surface area contributed by atoms with Crippen LogP contribution in [0.5, 0.6) is 5.75 Å². The van der Waals surface area contributed by atoms with Crippen LogP contribution in [0.25, 0.3) is 0 Å². The molecule has 1 N–H and O–H groups in total. The quantitative estimate of drug-likeness (QED) is 0.868. The van der Waals surface area contributed by atoms with Crippen molar-refractivity contribution in [3.8, 4) is 5.75 Å². The molecule has 1 heterocycles. The van der Waals surface area contributed by atoms with Crippen molar-refractivity contribution in [2.75, 3.05) is 12.4 Å². The number of carbonyl (C=O) groups excluding carboxylic acids is 2. The molecule has 5 nitrogen and oxygen atoms in total. The van der Waals surface area contributed by atoms with Gasteiger partial charge in [0.15, 0.2) is 0 Å². The molecule has 5 heteroatoms. The van der Waals surface area contributed by atoms with Gasteiger partial charge in [0.1, 0.15) is 11.4 Å². The summed E-state index contributed by atoms with van der Waals surface area (Å²) in [7, 11) is 1.58. The zero-order chi connectivity index (χ0) is 14.9. The van der Waals surface area contributed by atoms with E-state index in [0.29, 0.717) is 11.4 Å². The zero-order valence-corrected chi connectivity index (χ0v) is 12.1. The number of carbonyl (C=O) groups is 2. The molecule has 1 aliphatic carbocycles. The second-order valence-corrected chi connectivity index (χ2v) is 5.72. The SMILES string of the molecule is COc1cccc(NC(=O)[C@@H]2CC(=O)OC23CCCC3)c1. The van der Waals surface area contributed by atoms with E-state index in [9.17, 15) is 9.59 Å². The molecule has 1 aromatic rings. The lowest BCUT2D eigenvalue weighted by Gasteiger charge is -2.27. The Morgan fingerprint density at radius 1 is 1.38 bits per heavy atom. The Hall–Kier alpha value is -2.04. The van der Waals surface area contributed by atoms with Crippen LogP contribution in [0.15, 0.2) is 24.3 Å². The van der Waals surface area contributed by atoms with Crippen LogP contribution in [0.3, 0.4) is 0 Å². The van der Waals surface area contributed by atoms with Crippen LogP contribution in [0.4, 0.5) is 5.69 Å². The molecule has 3 rings (SSSR count). The highest BCUT2D eigenvalue weighted by atomic mass is 16.6. The molecule has 2 aliphatic rings. The van der Waals surface area contributed by atoms with Gasteiger partial charge < -0.3 is 14.8 Å². The van der Waals surface area contributed by atoms with E-state index in [1.165, 1.54) is 0 Å². The third-order valence-electron chi connectivity index (χ3n) is 4.43. The number of hydrogen-bond acceptors (Lipinski definition) is 4. The number of ether oxygens (including phenoxy) is 2. The molecule has 1 saturated carbocycles. The van der Waals surface area contributed by atoms with E-state index in [0.717, 1.165) is 25.7 Å². The Morgan fingerprint density at radius 2 is 2.14 bits per heavy atom. The molecule has 0 aromatic heterocycles. The second-order valence-electron chi connectivity index (χ2n) is 5.72. The normalized spacial score (nSPS) is 23.1. The maximum absolute atomic E-state index is 12.5. The molecule has 112 valence electrons. The molecule has 2 fully saturated rings. The number of nitrogens with one attached hydrogen (secondary N) is 1. The molecule has 1 amide bonds. The molecule has 1 aliphatic heterocycles. The minimum absolute atomic E-state index is 0.143. The highest BCUT2D eigenvalue weighted by Crippen LogP contribution is 2.45. The van der Waals surface area contributed by atoms with Gasteiger partial charge in [-0.3, -0.25) is 9.59 Å². The maximum atomic E-state index is 12.5. The van der Waals surface area contributed by atoms with Gasteiger partial charge in [-0.05, 0) is 37.8 Å². The Kier molecular flexibility index (Phi) is 3.57. The summed E-state index contributed by atoms with van der Waals surface area (Å²) >= 11 is 0. The molecule has 1 aromatic carbocycles. The van der Waals surface area contributed by atoms with Crippen LogP contribution < -0.4 is 10.1 Å². The number of hydrogen-bond donors (Lipinski definition) is 1. The molecular formula is C16H19NO4. The van der Waals surface area contributed by atoms with Crippen molar-refractivity contribution in [1.82, 2.24) is 0 Å². The Morgan fingerprint density at radius 3 is 2.86 bits per heavy atom. The summed E-state index contributed by atoms with van der Waals surface area (Å²) in [5, 5.41) is 2.88. The largest absolute Gasteiger partial charge is 0.497 e. The summed E-state index contributed by atoms with van der Waals surface area (Å²) in [5.41, 5.74) is 0.104. The van der Waals surface area contributed by atoms with Crippen molar-refractivity contribution in [2.45, 2.75) is 37.7 Å². The van der Waals surface area contributed by atoms with Crippen LogP contribution in [0, 0.1) is 5.92 Å². The maximum Gasteiger partial charge on any atom is 0.307 e. The standard InChI is InChI=1S/C16H19NO4/c1-20-12-6-4-5-11(9-12)17-15(19)13-10-14(18)21-16(13)7-2-3-8-16/h4-6,9,13H,2-3,7-8,10H2,1H3,(H,17,19)/t13-/m0/s1. The fraction of sp³-hybridized carbons (Fsp3) is 0.500. The van der Waals surface area contributed by atoms with E-state index in [4.69, 9.17) is 9.47 Å². The first-order valence-electron chi connectivity index (χ1n) is 7.30. The lowest BCUT2D eigenvalue weighted by molar-refractivity contribution is -0.149. The number of methoxy groups -OCH3 is 1. The predicted molar refractivity (Wildman–Crippen MR) is 77.0 cm³/mol. The van der Waals surface area contributed by atoms with Gasteiger partial charge in [-0.2, -0.15) is 0 Å². The summed E-state index contributed by atoms with van der Waals surface area (Å²) < 4.78 is 10.6. The smallest absolute Gasteiger partial charge is 0.307 e. The molecule has 1 saturated heterocycles. The summed E-state index contributed by atoms with van der Waals surface area (Å²) in [5.74, 6) is -0.112. The third kappa shape index (κ3) is 2.60. The monoisotopic (exact) mass is 289 g/mol. The number of benzene rings is 1. The molecule has 0 radical (unpaired) electrons. The number of esters is 1. The van der Waals surface area contributed by atoms with E-state index in [2.05, 4.69) is 5.32 Å². The Labute approximate surface area is 123 Å². The second kappa shape index (κ2) is 5.39. The lowest BCUT2D eigenvalue weighted by Crippen LogP contribution is -2.39. The summed E-state index contributed by atoms with van der Waals surface area (Å²) in [4.78, 5) is 24.2. The van der Waals surface area contributed by atoms with Gasteiger partial charge in [0.25, 0.3) is 0 Å². The van der Waals surface area contributed by atoms with Crippen molar-refractivity contribution < 1.29 is 19.1 Å². The van der Waals surface area contributed by atoms with Crippen molar-refractivity contribution in [1.29, 1.82) is 0 Å². The van der Waals surface area contributed by atoms with Gasteiger partial charge in [-0.15, -0.1) is 0 Å².